The molecular formula is C60H40N4. The Balaban J connectivity index is 0.913. The molecule has 3 heterocycles. The minimum atomic E-state index is 1.09. The lowest BCUT2D eigenvalue weighted by Gasteiger charge is -2.26. The van der Waals surface area contributed by atoms with Crippen molar-refractivity contribution in [2.75, 3.05) is 4.90 Å². The van der Waals surface area contributed by atoms with Gasteiger partial charge in [0.25, 0.3) is 0 Å². The van der Waals surface area contributed by atoms with Crippen LogP contribution in [0.4, 0.5) is 17.1 Å². The van der Waals surface area contributed by atoms with Crippen molar-refractivity contribution < 1.29 is 0 Å². The SMILES string of the molecule is c1ccc(N(c2ccc(-n3c4ccccc4c4cc(-c5ccc6c(c5)c5ccccc5n6-c5ccccc5)ccc43)cc2)c2ccc3c(c2)c2ccccc2n3-c2ccccc2)cc1. The van der Waals surface area contributed by atoms with Crippen molar-refractivity contribution in [3.05, 3.63) is 243 Å². The van der Waals surface area contributed by atoms with E-state index in [0.29, 0.717) is 0 Å². The van der Waals surface area contributed by atoms with Crippen LogP contribution in [0.25, 0.3) is 93.6 Å². The first-order valence-corrected chi connectivity index (χ1v) is 21.9. The first kappa shape index (κ1) is 36.1. The van der Waals surface area contributed by atoms with Crippen LogP contribution >= 0.6 is 0 Å². The molecule has 0 aliphatic rings. The van der Waals surface area contributed by atoms with Crippen molar-refractivity contribution in [2.24, 2.45) is 0 Å². The van der Waals surface area contributed by atoms with Crippen LogP contribution in [0.5, 0.6) is 0 Å². The van der Waals surface area contributed by atoms with Crippen LogP contribution in [0.3, 0.4) is 0 Å². The third kappa shape index (κ3) is 5.63. The van der Waals surface area contributed by atoms with Gasteiger partial charge < -0.3 is 18.6 Å². The molecule has 0 saturated heterocycles. The number of nitrogens with zero attached hydrogens (tertiary/aromatic N) is 4. The van der Waals surface area contributed by atoms with Gasteiger partial charge in [0.05, 0.1) is 33.1 Å². The van der Waals surface area contributed by atoms with Gasteiger partial charge in [-0.2, -0.15) is 0 Å². The molecule has 0 aliphatic heterocycles. The molecule has 300 valence electrons. The summed E-state index contributed by atoms with van der Waals surface area (Å²) in [6.07, 6.45) is 0. The van der Waals surface area contributed by atoms with E-state index in [9.17, 15) is 0 Å². The Kier molecular flexibility index (Phi) is 8.18. The summed E-state index contributed by atoms with van der Waals surface area (Å²) in [6.45, 7) is 0. The molecule has 0 atom stereocenters. The van der Waals surface area contributed by atoms with E-state index in [-0.39, 0.29) is 0 Å². The summed E-state index contributed by atoms with van der Waals surface area (Å²) in [6, 6.07) is 88.1. The second-order valence-electron chi connectivity index (χ2n) is 16.6. The minimum Gasteiger partial charge on any atom is -0.310 e. The summed E-state index contributed by atoms with van der Waals surface area (Å²) in [5, 5.41) is 7.43. The van der Waals surface area contributed by atoms with Crippen LogP contribution in [0.15, 0.2) is 243 Å². The number of anilines is 3. The largest absolute Gasteiger partial charge is 0.310 e. The van der Waals surface area contributed by atoms with Crippen LogP contribution in [0, 0.1) is 0 Å². The highest BCUT2D eigenvalue weighted by atomic mass is 15.1. The Labute approximate surface area is 370 Å². The molecule has 0 bridgehead atoms. The van der Waals surface area contributed by atoms with Gasteiger partial charge in [-0.1, -0.05) is 121 Å². The van der Waals surface area contributed by atoms with Crippen LogP contribution in [-0.4, -0.2) is 13.7 Å². The van der Waals surface area contributed by atoms with Gasteiger partial charge >= 0.3 is 0 Å². The van der Waals surface area contributed by atoms with Crippen molar-refractivity contribution in [1.82, 2.24) is 13.7 Å². The fourth-order valence-corrected chi connectivity index (χ4v) is 10.2. The van der Waals surface area contributed by atoms with E-state index >= 15 is 0 Å². The third-order valence-electron chi connectivity index (χ3n) is 13.0. The summed E-state index contributed by atoms with van der Waals surface area (Å²) in [7, 11) is 0. The highest BCUT2D eigenvalue weighted by molar-refractivity contribution is 6.13. The average Bonchev–Trinajstić information content (AvgIpc) is 4.00. The minimum absolute atomic E-state index is 1.09. The van der Waals surface area contributed by atoms with E-state index in [1.54, 1.807) is 0 Å². The summed E-state index contributed by atoms with van der Waals surface area (Å²) in [4.78, 5) is 2.37. The maximum Gasteiger partial charge on any atom is 0.0542 e. The number of para-hydroxylation sites is 6. The smallest absolute Gasteiger partial charge is 0.0542 e. The Bertz CT molecular complexity index is 3880. The van der Waals surface area contributed by atoms with Crippen LogP contribution in [0.2, 0.25) is 0 Å². The molecule has 4 nitrogen and oxygen atoms in total. The second kappa shape index (κ2) is 14.5. The zero-order chi connectivity index (χ0) is 42.1. The maximum atomic E-state index is 2.41. The number of hydrogen-bond acceptors (Lipinski definition) is 1. The number of benzene rings is 10. The molecule has 13 aromatic rings. The van der Waals surface area contributed by atoms with Crippen molar-refractivity contribution in [3.8, 4) is 28.2 Å². The van der Waals surface area contributed by atoms with Crippen molar-refractivity contribution in [3.63, 3.8) is 0 Å². The van der Waals surface area contributed by atoms with Crippen molar-refractivity contribution in [2.45, 2.75) is 0 Å². The molecule has 13 rings (SSSR count). The van der Waals surface area contributed by atoms with E-state index in [1.807, 2.05) is 0 Å². The van der Waals surface area contributed by atoms with Crippen LogP contribution in [-0.2, 0) is 0 Å². The van der Waals surface area contributed by atoms with Gasteiger partial charge in [-0.05, 0) is 132 Å². The summed E-state index contributed by atoms with van der Waals surface area (Å²) in [5.41, 5.74) is 16.3. The summed E-state index contributed by atoms with van der Waals surface area (Å²) >= 11 is 0. The summed E-state index contributed by atoms with van der Waals surface area (Å²) < 4.78 is 7.15. The molecule has 4 heteroatoms. The lowest BCUT2D eigenvalue weighted by atomic mass is 10.0. The van der Waals surface area contributed by atoms with Crippen molar-refractivity contribution >= 4 is 82.5 Å². The van der Waals surface area contributed by atoms with E-state index in [0.717, 1.165) is 28.4 Å². The van der Waals surface area contributed by atoms with E-state index in [1.165, 1.54) is 82.2 Å². The Morgan fingerprint density at radius 2 is 0.547 bits per heavy atom. The molecule has 3 aromatic heterocycles. The second-order valence-corrected chi connectivity index (χ2v) is 16.6. The molecule has 0 spiro atoms. The first-order valence-electron chi connectivity index (χ1n) is 21.9. The Morgan fingerprint density at radius 1 is 0.219 bits per heavy atom. The standard InChI is InChI=1S/C60H40N4/c1-4-16-43(17-5-1)61(48-34-37-60-54(40-48)51-24-12-15-27-57(51)63(60)45-20-8-3-9-21-45)46-30-32-47(33-31-46)64-56-26-14-11-23-50(56)53-39-42(29-36-59(53)64)41-28-35-58-52(38-41)49-22-10-13-25-55(49)62(58)44-18-6-2-7-19-44/h1-40H. The number of rotatable bonds is 7. The highest BCUT2D eigenvalue weighted by Gasteiger charge is 2.19. The molecule has 0 unspecified atom stereocenters. The van der Waals surface area contributed by atoms with E-state index < -0.39 is 0 Å². The number of aromatic nitrogens is 3. The molecule has 0 amide bonds. The Hall–Kier alpha value is -8.60. The predicted molar refractivity (Wildman–Crippen MR) is 270 cm³/mol. The quantitative estimate of drug-likeness (QED) is 0.157. The zero-order valence-electron chi connectivity index (χ0n) is 34.9. The fraction of sp³-hybridized carbons (Fsp3) is 0. The zero-order valence-corrected chi connectivity index (χ0v) is 34.9. The molecule has 0 fully saturated rings. The van der Waals surface area contributed by atoms with Gasteiger partial charge in [-0.15, -0.1) is 0 Å². The summed E-state index contributed by atoms with van der Waals surface area (Å²) in [5.74, 6) is 0. The molecule has 0 radical (unpaired) electrons. The van der Waals surface area contributed by atoms with Crippen LogP contribution in [0.1, 0.15) is 0 Å². The van der Waals surface area contributed by atoms with Gasteiger partial charge in [-0.3, -0.25) is 0 Å². The lowest BCUT2D eigenvalue weighted by Crippen LogP contribution is -2.10. The van der Waals surface area contributed by atoms with Gasteiger partial charge in [0, 0.05) is 66.4 Å². The van der Waals surface area contributed by atoms with E-state index in [2.05, 4.69) is 261 Å². The molecule has 0 N–H and O–H groups in total. The molecule has 10 aromatic carbocycles. The molecule has 0 aliphatic carbocycles. The van der Waals surface area contributed by atoms with Crippen LogP contribution < -0.4 is 4.90 Å². The molecular weight excluding hydrogens is 777 g/mol. The van der Waals surface area contributed by atoms with Gasteiger partial charge in [0.15, 0.2) is 0 Å². The third-order valence-corrected chi connectivity index (χ3v) is 13.0. The Morgan fingerprint density at radius 3 is 1.02 bits per heavy atom. The fourth-order valence-electron chi connectivity index (χ4n) is 10.2. The van der Waals surface area contributed by atoms with Gasteiger partial charge in [-0.25, -0.2) is 0 Å². The number of fused-ring (bicyclic) bond motifs is 9. The van der Waals surface area contributed by atoms with Gasteiger partial charge in [0.2, 0.25) is 0 Å². The lowest BCUT2D eigenvalue weighted by molar-refractivity contribution is 1.17. The topological polar surface area (TPSA) is 18.0 Å². The van der Waals surface area contributed by atoms with E-state index in [4.69, 9.17) is 0 Å². The predicted octanol–water partition coefficient (Wildman–Crippen LogP) is 16.1. The molecule has 0 saturated carbocycles. The first-order chi connectivity index (χ1) is 31.8. The highest BCUT2D eigenvalue weighted by Crippen LogP contribution is 2.42. The number of hydrogen-bond donors (Lipinski definition) is 0. The average molecular weight is 817 g/mol. The maximum absolute atomic E-state index is 2.41. The normalized spacial score (nSPS) is 11.8. The van der Waals surface area contributed by atoms with Crippen molar-refractivity contribution in [1.29, 1.82) is 0 Å². The monoisotopic (exact) mass is 816 g/mol. The van der Waals surface area contributed by atoms with Gasteiger partial charge in [0.1, 0.15) is 0 Å². The molecule has 64 heavy (non-hydrogen) atoms.